The molecule has 3 nitrogen and oxygen atoms in total. The number of nitrogens with one attached hydrogen (secondary N) is 1. The van der Waals surface area contributed by atoms with E-state index in [4.69, 9.17) is 4.74 Å². The molecule has 1 atom stereocenters. The van der Waals surface area contributed by atoms with Crippen molar-refractivity contribution < 1.29 is 9.53 Å². The highest BCUT2D eigenvalue weighted by Crippen LogP contribution is 2.17. The maximum absolute atomic E-state index is 12.0. The van der Waals surface area contributed by atoms with Crippen molar-refractivity contribution in [2.24, 2.45) is 5.92 Å². The Morgan fingerprint density at radius 2 is 2.33 bits per heavy atom. The first kappa shape index (κ1) is 13.6. The van der Waals surface area contributed by atoms with E-state index in [0.29, 0.717) is 11.5 Å². The zero-order chi connectivity index (χ0) is 13.0. The smallest absolute Gasteiger partial charge is 0.251 e. The third-order valence-corrected chi connectivity index (χ3v) is 3.62. The molecule has 1 aliphatic heterocycles. The fourth-order valence-electron chi connectivity index (χ4n) is 2.17. The molecule has 0 aliphatic carbocycles. The molecule has 18 heavy (non-hydrogen) atoms. The fraction of sp³-hybridized carbons (Fsp3) is 0.500. The van der Waals surface area contributed by atoms with Crippen LogP contribution in [0.2, 0.25) is 0 Å². The van der Waals surface area contributed by atoms with Crippen LogP contribution in [-0.4, -0.2) is 25.7 Å². The van der Waals surface area contributed by atoms with Gasteiger partial charge in [-0.2, -0.15) is 0 Å². The maximum atomic E-state index is 12.0. The lowest BCUT2D eigenvalue weighted by Crippen LogP contribution is -2.26. The van der Waals surface area contributed by atoms with E-state index in [0.717, 1.165) is 42.6 Å². The number of benzene rings is 1. The predicted molar refractivity (Wildman–Crippen MR) is 74.8 cm³/mol. The normalized spacial score (nSPS) is 18.9. The molecule has 0 saturated carbocycles. The van der Waals surface area contributed by atoms with Gasteiger partial charge in [-0.15, -0.1) is 0 Å². The van der Waals surface area contributed by atoms with Gasteiger partial charge in [0.15, 0.2) is 0 Å². The van der Waals surface area contributed by atoms with Gasteiger partial charge in [-0.05, 0) is 49.4 Å². The zero-order valence-electron chi connectivity index (χ0n) is 10.5. The largest absolute Gasteiger partial charge is 0.381 e. The second-order valence-corrected chi connectivity index (χ2v) is 5.71. The van der Waals surface area contributed by atoms with Crippen molar-refractivity contribution in [3.63, 3.8) is 0 Å². The van der Waals surface area contributed by atoms with Gasteiger partial charge in [-0.3, -0.25) is 4.79 Å². The minimum atomic E-state index is -0.00156. The maximum Gasteiger partial charge on any atom is 0.251 e. The third kappa shape index (κ3) is 3.82. The van der Waals surface area contributed by atoms with Gasteiger partial charge in [0.2, 0.25) is 0 Å². The molecule has 1 saturated heterocycles. The van der Waals surface area contributed by atoms with Crippen LogP contribution in [0, 0.1) is 12.8 Å². The number of halogens is 1. The number of aryl methyl sites for hydroxylation is 1. The Kier molecular flexibility index (Phi) is 4.78. The molecule has 0 radical (unpaired) electrons. The molecule has 1 aromatic rings. The van der Waals surface area contributed by atoms with E-state index in [1.165, 1.54) is 0 Å². The Morgan fingerprint density at radius 3 is 3.00 bits per heavy atom. The molecular formula is C14H18BrNO2. The molecule has 0 bridgehead atoms. The number of hydrogen-bond acceptors (Lipinski definition) is 2. The summed E-state index contributed by atoms with van der Waals surface area (Å²) in [5.74, 6) is 0.605. The van der Waals surface area contributed by atoms with Crippen molar-refractivity contribution in [1.29, 1.82) is 0 Å². The summed E-state index contributed by atoms with van der Waals surface area (Å²) in [6.45, 7) is 4.41. The molecule has 0 spiro atoms. The Morgan fingerprint density at radius 1 is 1.50 bits per heavy atom. The van der Waals surface area contributed by atoms with E-state index in [9.17, 15) is 4.79 Å². The average molecular weight is 312 g/mol. The highest BCUT2D eigenvalue weighted by molar-refractivity contribution is 9.10. The monoisotopic (exact) mass is 311 g/mol. The molecule has 1 aromatic carbocycles. The minimum absolute atomic E-state index is 0.00156. The first-order chi connectivity index (χ1) is 8.65. The second-order valence-electron chi connectivity index (χ2n) is 4.79. The van der Waals surface area contributed by atoms with Crippen LogP contribution < -0.4 is 5.32 Å². The van der Waals surface area contributed by atoms with Crippen LogP contribution in [0.15, 0.2) is 22.7 Å². The van der Waals surface area contributed by atoms with Gasteiger partial charge in [0.25, 0.3) is 5.91 Å². The van der Waals surface area contributed by atoms with Gasteiger partial charge in [0, 0.05) is 29.8 Å². The SMILES string of the molecule is Cc1cc(Br)cc(C(=O)NCCC2CCOC2)c1. The number of carbonyl (C=O) groups excluding carboxylic acids is 1. The van der Waals surface area contributed by atoms with Gasteiger partial charge in [-0.1, -0.05) is 15.9 Å². The molecule has 1 heterocycles. The van der Waals surface area contributed by atoms with Crippen molar-refractivity contribution in [3.05, 3.63) is 33.8 Å². The van der Waals surface area contributed by atoms with E-state index in [2.05, 4.69) is 21.2 Å². The van der Waals surface area contributed by atoms with Crippen LogP contribution in [0.1, 0.15) is 28.8 Å². The van der Waals surface area contributed by atoms with Gasteiger partial charge < -0.3 is 10.1 Å². The highest BCUT2D eigenvalue weighted by atomic mass is 79.9. The van der Waals surface area contributed by atoms with Crippen LogP contribution in [0.25, 0.3) is 0 Å². The van der Waals surface area contributed by atoms with Crippen LogP contribution >= 0.6 is 15.9 Å². The van der Waals surface area contributed by atoms with E-state index in [-0.39, 0.29) is 5.91 Å². The summed E-state index contributed by atoms with van der Waals surface area (Å²) >= 11 is 3.41. The molecule has 98 valence electrons. The highest BCUT2D eigenvalue weighted by Gasteiger charge is 2.15. The van der Waals surface area contributed by atoms with Crippen LogP contribution in [0.5, 0.6) is 0 Å². The summed E-state index contributed by atoms with van der Waals surface area (Å²) in [5, 5.41) is 2.96. The summed E-state index contributed by atoms with van der Waals surface area (Å²) in [7, 11) is 0. The lowest BCUT2D eigenvalue weighted by molar-refractivity contribution is 0.0950. The van der Waals surface area contributed by atoms with Crippen LogP contribution in [0.3, 0.4) is 0 Å². The molecule has 1 unspecified atom stereocenters. The van der Waals surface area contributed by atoms with Crippen molar-refractivity contribution in [2.45, 2.75) is 19.8 Å². The van der Waals surface area contributed by atoms with Crippen LogP contribution in [0.4, 0.5) is 0 Å². The second kappa shape index (κ2) is 6.34. The molecule has 1 N–H and O–H groups in total. The molecule has 1 fully saturated rings. The lowest BCUT2D eigenvalue weighted by atomic mass is 10.1. The molecule has 1 aliphatic rings. The Labute approximate surface area is 116 Å². The standard InChI is InChI=1S/C14H18BrNO2/c1-10-6-12(8-13(15)7-10)14(17)16-4-2-11-3-5-18-9-11/h6-8,11H,2-5,9H2,1H3,(H,16,17). The minimum Gasteiger partial charge on any atom is -0.381 e. The average Bonchev–Trinajstić information content (AvgIpc) is 2.80. The first-order valence-electron chi connectivity index (χ1n) is 6.28. The quantitative estimate of drug-likeness (QED) is 0.928. The van der Waals surface area contributed by atoms with Crippen molar-refractivity contribution in [1.82, 2.24) is 5.32 Å². The summed E-state index contributed by atoms with van der Waals surface area (Å²) < 4.78 is 6.25. The van der Waals surface area contributed by atoms with Gasteiger partial charge in [-0.25, -0.2) is 0 Å². The fourth-order valence-corrected chi connectivity index (χ4v) is 2.78. The molecule has 0 aromatic heterocycles. The molecule has 1 amide bonds. The summed E-state index contributed by atoms with van der Waals surface area (Å²) in [4.78, 5) is 12.0. The molecule has 2 rings (SSSR count). The Balaban J connectivity index is 1.83. The molecule has 4 heteroatoms. The van der Waals surface area contributed by atoms with E-state index < -0.39 is 0 Å². The number of ether oxygens (including phenoxy) is 1. The van der Waals surface area contributed by atoms with Crippen molar-refractivity contribution >= 4 is 21.8 Å². The Hall–Kier alpha value is -0.870. The number of rotatable bonds is 4. The van der Waals surface area contributed by atoms with E-state index >= 15 is 0 Å². The number of hydrogen-bond donors (Lipinski definition) is 1. The van der Waals surface area contributed by atoms with Gasteiger partial charge in [0.05, 0.1) is 0 Å². The number of amides is 1. The van der Waals surface area contributed by atoms with E-state index in [1.54, 1.807) is 0 Å². The van der Waals surface area contributed by atoms with E-state index in [1.807, 2.05) is 25.1 Å². The van der Waals surface area contributed by atoms with Gasteiger partial charge >= 0.3 is 0 Å². The topological polar surface area (TPSA) is 38.3 Å². The van der Waals surface area contributed by atoms with Crippen LogP contribution in [-0.2, 0) is 4.74 Å². The van der Waals surface area contributed by atoms with Crippen molar-refractivity contribution in [2.75, 3.05) is 19.8 Å². The predicted octanol–water partition coefficient (Wildman–Crippen LogP) is 2.91. The number of carbonyl (C=O) groups is 1. The Bertz CT molecular complexity index is 408. The summed E-state index contributed by atoms with van der Waals surface area (Å²) in [5.41, 5.74) is 1.79. The molecular weight excluding hydrogens is 294 g/mol. The third-order valence-electron chi connectivity index (χ3n) is 3.17. The van der Waals surface area contributed by atoms with Crippen molar-refractivity contribution in [3.8, 4) is 0 Å². The summed E-state index contributed by atoms with van der Waals surface area (Å²) in [6, 6.07) is 5.74. The summed E-state index contributed by atoms with van der Waals surface area (Å²) in [6.07, 6.45) is 2.12. The van der Waals surface area contributed by atoms with Gasteiger partial charge in [0.1, 0.15) is 0 Å². The zero-order valence-corrected chi connectivity index (χ0v) is 12.1. The lowest BCUT2D eigenvalue weighted by Gasteiger charge is -2.09. The first-order valence-corrected chi connectivity index (χ1v) is 7.07.